The van der Waals surface area contributed by atoms with E-state index < -0.39 is 35.5 Å². The van der Waals surface area contributed by atoms with Crippen molar-refractivity contribution in [2.45, 2.75) is 82.6 Å². The molecule has 6 atom stereocenters. The Balaban J connectivity index is 1.22. The van der Waals surface area contributed by atoms with Gasteiger partial charge in [-0.3, -0.25) is 28.9 Å². The summed E-state index contributed by atoms with van der Waals surface area (Å²) in [4.78, 5) is 50.2. The van der Waals surface area contributed by atoms with Crippen LogP contribution in [0.3, 0.4) is 0 Å². The maximum absolute atomic E-state index is 14.2. The van der Waals surface area contributed by atoms with Crippen LogP contribution in [0.1, 0.15) is 57.6 Å². The second-order valence-corrected chi connectivity index (χ2v) is 12.9. The molecule has 41 heavy (non-hydrogen) atoms. The number of carbonyl (C=O) groups is 3. The van der Waals surface area contributed by atoms with Gasteiger partial charge in [-0.1, -0.05) is 39.0 Å². The molecule has 5 heterocycles. The fourth-order valence-corrected chi connectivity index (χ4v) is 7.96. The highest BCUT2D eigenvalue weighted by molar-refractivity contribution is 6.01. The third-order valence-electron chi connectivity index (χ3n) is 9.92. The quantitative estimate of drug-likeness (QED) is 0.515. The molecule has 3 amide bonds. The van der Waals surface area contributed by atoms with Crippen molar-refractivity contribution in [2.75, 3.05) is 20.1 Å². The molecule has 1 aromatic carbocycles. The molecule has 5 aliphatic rings. The molecule has 3 fully saturated rings. The Labute approximate surface area is 239 Å². The number of amides is 3. The van der Waals surface area contributed by atoms with Crippen LogP contribution in [0.15, 0.2) is 30.5 Å². The van der Waals surface area contributed by atoms with Crippen LogP contribution >= 0.6 is 0 Å². The first kappa shape index (κ1) is 26.7. The molecular weight excluding hydrogens is 522 g/mol. The monoisotopic (exact) mass is 561 g/mol. The van der Waals surface area contributed by atoms with Crippen molar-refractivity contribution < 1.29 is 24.2 Å². The smallest absolute Gasteiger partial charge is 0.280 e. The number of nitrogens with zero attached hydrogens (tertiary/aromatic N) is 3. The van der Waals surface area contributed by atoms with Crippen LogP contribution in [-0.2, 0) is 25.5 Å². The second kappa shape index (κ2) is 9.14. The molecule has 0 radical (unpaired) electrons. The third-order valence-corrected chi connectivity index (χ3v) is 9.92. The van der Waals surface area contributed by atoms with Crippen LogP contribution in [-0.4, -0.2) is 92.4 Å². The normalized spacial score (nSPS) is 34.6. The Morgan fingerprint density at radius 3 is 2.85 bits per heavy atom. The van der Waals surface area contributed by atoms with E-state index in [-0.39, 0.29) is 30.2 Å². The molecule has 7 rings (SSSR count). The number of H-pyrrole nitrogens is 1. The van der Waals surface area contributed by atoms with Crippen molar-refractivity contribution in [2.24, 2.45) is 11.8 Å². The topological polar surface area (TPSA) is 118 Å². The number of likely N-dealkylation sites (N-methyl/N-ethyl adjacent to an activating group) is 1. The van der Waals surface area contributed by atoms with Gasteiger partial charge in [0.05, 0.1) is 5.92 Å². The summed E-state index contributed by atoms with van der Waals surface area (Å²) in [5.74, 6) is -3.42. The highest BCUT2D eigenvalue weighted by Crippen LogP contribution is 2.47. The fourth-order valence-electron chi connectivity index (χ4n) is 7.96. The van der Waals surface area contributed by atoms with Gasteiger partial charge in [-0.2, -0.15) is 0 Å². The highest BCUT2D eigenvalue weighted by atomic mass is 16.7. The van der Waals surface area contributed by atoms with Gasteiger partial charge in [0.25, 0.3) is 11.8 Å². The van der Waals surface area contributed by atoms with Crippen LogP contribution < -0.4 is 5.32 Å². The van der Waals surface area contributed by atoms with Crippen molar-refractivity contribution in [1.82, 2.24) is 25.0 Å². The zero-order valence-corrected chi connectivity index (χ0v) is 24.1. The number of nitrogens with one attached hydrogen (secondary N) is 2. The number of hydrogen-bond acceptors (Lipinski definition) is 6. The first-order valence-electron chi connectivity index (χ1n) is 15.0. The molecule has 3 saturated heterocycles. The number of piperazine rings is 1. The van der Waals surface area contributed by atoms with E-state index >= 15 is 0 Å². The number of aromatic nitrogens is 1. The molecule has 0 saturated carbocycles. The van der Waals surface area contributed by atoms with Crippen molar-refractivity contribution >= 4 is 34.2 Å². The summed E-state index contributed by atoms with van der Waals surface area (Å²) in [6.07, 6.45) is 6.76. The predicted molar refractivity (Wildman–Crippen MR) is 152 cm³/mol. The Kier molecular flexibility index (Phi) is 5.95. The average molecular weight is 562 g/mol. The molecule has 2 aromatic rings. The largest absolute Gasteiger partial charge is 0.361 e. The van der Waals surface area contributed by atoms with Gasteiger partial charge in [0.2, 0.25) is 17.5 Å². The summed E-state index contributed by atoms with van der Waals surface area (Å²) in [6, 6.07) is 4.86. The fraction of sp³-hybridized carbons (Fsp3) is 0.581. The molecule has 1 aliphatic carbocycles. The van der Waals surface area contributed by atoms with E-state index in [2.05, 4.69) is 33.5 Å². The molecule has 0 bridgehead atoms. The number of benzene rings is 1. The van der Waals surface area contributed by atoms with E-state index in [0.29, 0.717) is 25.9 Å². The number of aliphatic hydroxyl groups is 1. The van der Waals surface area contributed by atoms with Crippen LogP contribution in [0.2, 0.25) is 0 Å². The first-order valence-corrected chi connectivity index (χ1v) is 15.0. The zero-order valence-electron chi connectivity index (χ0n) is 24.1. The molecule has 4 aliphatic heterocycles. The van der Waals surface area contributed by atoms with Crippen molar-refractivity contribution in [3.8, 4) is 0 Å². The van der Waals surface area contributed by atoms with Crippen molar-refractivity contribution in [1.29, 1.82) is 0 Å². The molecule has 3 N–H and O–H groups in total. The lowest BCUT2D eigenvalue weighted by Gasteiger charge is -2.49. The number of hydrogen-bond donors (Lipinski definition) is 3. The van der Waals surface area contributed by atoms with Gasteiger partial charge < -0.3 is 20.3 Å². The summed E-state index contributed by atoms with van der Waals surface area (Å²) < 4.78 is 6.32. The SMILES string of the molecule is CC[C@@]1(NC(=O)[C@@H]2C=C3c4cccc5[nH]cc(c45)C[C@H]3N(C)C2)O[C@@]2(O)[C@@H]3CCCN3C(=O)[C@@H](CC(C)C)N2C1=O. The van der Waals surface area contributed by atoms with E-state index in [4.69, 9.17) is 4.74 Å². The zero-order chi connectivity index (χ0) is 28.8. The Bertz CT molecular complexity index is 1480. The first-order chi connectivity index (χ1) is 19.6. The van der Waals surface area contributed by atoms with Gasteiger partial charge in [-0.25, -0.2) is 0 Å². The van der Waals surface area contributed by atoms with E-state index in [9.17, 15) is 19.5 Å². The maximum Gasteiger partial charge on any atom is 0.280 e. The summed E-state index contributed by atoms with van der Waals surface area (Å²) in [5.41, 5.74) is 2.84. The number of aromatic amines is 1. The van der Waals surface area contributed by atoms with E-state index in [1.807, 2.05) is 33.0 Å². The van der Waals surface area contributed by atoms with Crippen LogP contribution in [0, 0.1) is 11.8 Å². The van der Waals surface area contributed by atoms with Crippen molar-refractivity contribution in [3.63, 3.8) is 0 Å². The average Bonchev–Trinajstić information content (AvgIpc) is 3.65. The van der Waals surface area contributed by atoms with Gasteiger partial charge in [-0.15, -0.1) is 0 Å². The molecule has 218 valence electrons. The third kappa shape index (κ3) is 3.69. The van der Waals surface area contributed by atoms with Crippen molar-refractivity contribution in [3.05, 3.63) is 41.6 Å². The molecule has 10 heteroatoms. The van der Waals surface area contributed by atoms with Crippen LogP contribution in [0.25, 0.3) is 16.5 Å². The Hall–Kier alpha value is -3.21. The van der Waals surface area contributed by atoms with E-state index in [1.165, 1.54) is 15.8 Å². The molecular formula is C31H39N5O5. The minimum Gasteiger partial charge on any atom is -0.361 e. The summed E-state index contributed by atoms with van der Waals surface area (Å²) >= 11 is 0. The number of carbonyl (C=O) groups excluding carboxylic acids is 3. The summed E-state index contributed by atoms with van der Waals surface area (Å²) in [5, 5.41) is 16.2. The Morgan fingerprint density at radius 2 is 2.10 bits per heavy atom. The number of fused-ring (bicyclic) bond motifs is 5. The maximum atomic E-state index is 14.2. The van der Waals surface area contributed by atoms with Crippen LogP contribution in [0.5, 0.6) is 0 Å². The van der Waals surface area contributed by atoms with Crippen LogP contribution in [0.4, 0.5) is 0 Å². The molecule has 1 aromatic heterocycles. The lowest BCUT2D eigenvalue weighted by molar-refractivity contribution is -0.318. The number of rotatable bonds is 5. The Morgan fingerprint density at radius 1 is 1.29 bits per heavy atom. The lowest BCUT2D eigenvalue weighted by atomic mass is 9.79. The molecule has 10 nitrogen and oxygen atoms in total. The van der Waals surface area contributed by atoms with E-state index in [0.717, 1.165) is 29.5 Å². The van der Waals surface area contributed by atoms with Gasteiger partial charge >= 0.3 is 0 Å². The van der Waals surface area contributed by atoms with Gasteiger partial charge in [0, 0.05) is 42.7 Å². The van der Waals surface area contributed by atoms with Gasteiger partial charge in [-0.05, 0) is 61.4 Å². The second-order valence-electron chi connectivity index (χ2n) is 12.9. The summed E-state index contributed by atoms with van der Waals surface area (Å²) in [7, 11) is 2.03. The predicted octanol–water partition coefficient (Wildman–Crippen LogP) is 2.18. The molecule has 0 unspecified atom stereocenters. The lowest BCUT2D eigenvalue weighted by Crippen LogP contribution is -2.71. The van der Waals surface area contributed by atoms with E-state index in [1.54, 1.807) is 11.8 Å². The standard InChI is InChI=1S/C31H39N5O5/c1-5-30(29(39)36-24(12-17(2)3)28(38)35-11-7-10-25(35)31(36,40)41-30)33-27(37)19-13-21-20-8-6-9-22-26(20)18(15-32-22)14-23(21)34(4)16-19/h6,8-9,13,15,17,19,23-25,32,40H,5,7,10-12,14,16H2,1-4H3,(H,33,37)/t19-,23-,24-,25+,30-,31+/m1/s1. The molecule has 0 spiro atoms. The summed E-state index contributed by atoms with van der Waals surface area (Å²) in [6.45, 7) is 6.75. The van der Waals surface area contributed by atoms with Gasteiger partial charge in [0.15, 0.2) is 0 Å². The minimum atomic E-state index is -1.99. The van der Waals surface area contributed by atoms with Gasteiger partial charge in [0.1, 0.15) is 12.1 Å². The minimum absolute atomic E-state index is 0.115. The number of ether oxygens (including phenoxy) is 1. The highest BCUT2D eigenvalue weighted by Gasteiger charge is 2.70.